The number of hydrogen-bond donors (Lipinski definition) is 1. The van der Waals surface area contributed by atoms with Crippen LogP contribution in [0, 0.1) is 5.82 Å². The van der Waals surface area contributed by atoms with Crippen LogP contribution in [0.3, 0.4) is 0 Å². The van der Waals surface area contributed by atoms with Crippen molar-refractivity contribution in [3.63, 3.8) is 0 Å². The van der Waals surface area contributed by atoms with Crippen molar-refractivity contribution in [3.8, 4) is 0 Å². The van der Waals surface area contributed by atoms with Crippen LogP contribution in [0.5, 0.6) is 0 Å². The fourth-order valence-corrected chi connectivity index (χ4v) is 2.65. The predicted molar refractivity (Wildman–Crippen MR) is 81.7 cm³/mol. The number of carbonyl (C=O) groups is 2. The number of hydrogen-bond acceptors (Lipinski definition) is 5. The standard InChI is InChI=1S/C15H6BrF4N3O2/c16-9-10(14(25)12-11(13(9)24)21-3-4-22-12)23-6-1-2-8(17)7(5-6)15(18,19)20/h1-5,23H. The molecule has 0 fully saturated rings. The van der Waals surface area contributed by atoms with Gasteiger partial charge < -0.3 is 5.32 Å². The molecule has 1 heterocycles. The molecule has 0 saturated heterocycles. The van der Waals surface area contributed by atoms with E-state index >= 15 is 0 Å². The molecule has 3 rings (SSSR count). The minimum atomic E-state index is -4.90. The van der Waals surface area contributed by atoms with Gasteiger partial charge in [-0.1, -0.05) is 0 Å². The zero-order chi connectivity index (χ0) is 18.4. The summed E-state index contributed by atoms with van der Waals surface area (Å²) in [6.45, 7) is 0. The smallest absolute Gasteiger partial charge is 0.351 e. The Bertz CT molecular complexity index is 941. The largest absolute Gasteiger partial charge is 0.419 e. The number of allylic oxidation sites excluding steroid dienone is 2. The number of halogens is 5. The number of ketones is 2. The van der Waals surface area contributed by atoms with Crippen LogP contribution >= 0.6 is 15.9 Å². The van der Waals surface area contributed by atoms with Gasteiger partial charge >= 0.3 is 6.18 Å². The molecule has 0 bridgehead atoms. The number of fused-ring (bicyclic) bond motifs is 1. The van der Waals surface area contributed by atoms with E-state index in [1.807, 2.05) is 0 Å². The molecular formula is C15H6BrF4N3O2. The molecule has 10 heteroatoms. The van der Waals surface area contributed by atoms with Gasteiger partial charge in [0.25, 0.3) is 0 Å². The van der Waals surface area contributed by atoms with Crippen molar-refractivity contribution in [2.24, 2.45) is 0 Å². The van der Waals surface area contributed by atoms with Gasteiger partial charge in [0.2, 0.25) is 11.6 Å². The maximum Gasteiger partial charge on any atom is 0.419 e. The van der Waals surface area contributed by atoms with Crippen molar-refractivity contribution in [2.75, 3.05) is 5.32 Å². The average molecular weight is 416 g/mol. The molecule has 0 radical (unpaired) electrons. The molecule has 0 atom stereocenters. The molecule has 1 aromatic heterocycles. The first kappa shape index (κ1) is 17.2. The summed E-state index contributed by atoms with van der Waals surface area (Å²) < 4.78 is 51.5. The number of alkyl halides is 3. The molecule has 5 nitrogen and oxygen atoms in total. The van der Waals surface area contributed by atoms with Crippen molar-refractivity contribution in [3.05, 3.63) is 63.5 Å². The first-order chi connectivity index (χ1) is 11.7. The van der Waals surface area contributed by atoms with Crippen LogP contribution in [0.1, 0.15) is 26.5 Å². The number of carbonyl (C=O) groups excluding carboxylic acids is 2. The topological polar surface area (TPSA) is 72.0 Å². The van der Waals surface area contributed by atoms with Crippen LogP contribution in [0.2, 0.25) is 0 Å². The van der Waals surface area contributed by atoms with Gasteiger partial charge in [0.1, 0.15) is 22.9 Å². The minimum absolute atomic E-state index is 0.167. The number of nitrogens with one attached hydrogen (secondary N) is 1. The molecule has 0 aliphatic heterocycles. The van der Waals surface area contributed by atoms with Crippen molar-refractivity contribution < 1.29 is 27.2 Å². The number of anilines is 1. The quantitative estimate of drug-likeness (QED) is 0.756. The second-order valence-corrected chi connectivity index (χ2v) is 5.71. The highest BCUT2D eigenvalue weighted by molar-refractivity contribution is 9.12. The third-order valence-electron chi connectivity index (χ3n) is 3.32. The Morgan fingerprint density at radius 1 is 1.00 bits per heavy atom. The van der Waals surface area contributed by atoms with E-state index in [9.17, 15) is 27.2 Å². The normalized spacial score (nSPS) is 14.6. The molecular weight excluding hydrogens is 410 g/mol. The predicted octanol–water partition coefficient (Wildman–Crippen LogP) is 3.73. The van der Waals surface area contributed by atoms with Crippen LogP contribution < -0.4 is 5.32 Å². The monoisotopic (exact) mass is 415 g/mol. The SMILES string of the molecule is O=C1C(Br)=C(Nc2ccc(F)c(C(F)(F)F)c2)C(=O)c2nccnc21. The zero-order valence-electron chi connectivity index (χ0n) is 12.0. The van der Waals surface area contributed by atoms with Crippen molar-refractivity contribution >= 4 is 33.2 Å². The molecule has 1 N–H and O–H groups in total. The Hall–Kier alpha value is -2.62. The molecule has 2 aromatic rings. The molecule has 0 unspecified atom stereocenters. The number of rotatable bonds is 2. The van der Waals surface area contributed by atoms with E-state index in [4.69, 9.17) is 0 Å². The van der Waals surface area contributed by atoms with Gasteiger partial charge in [-0.3, -0.25) is 9.59 Å². The molecule has 1 aliphatic carbocycles. The second-order valence-electron chi connectivity index (χ2n) is 4.92. The number of Topliss-reactive ketones (excluding diaryl/α,β-unsaturated/α-hetero) is 2. The second kappa shape index (κ2) is 6.03. The van der Waals surface area contributed by atoms with E-state index in [0.717, 1.165) is 6.07 Å². The van der Waals surface area contributed by atoms with E-state index in [2.05, 4.69) is 31.2 Å². The van der Waals surface area contributed by atoms with Gasteiger partial charge in [0.05, 0.1) is 10.0 Å². The van der Waals surface area contributed by atoms with Gasteiger partial charge in [-0.15, -0.1) is 0 Å². The molecule has 25 heavy (non-hydrogen) atoms. The average Bonchev–Trinajstić information content (AvgIpc) is 2.57. The van der Waals surface area contributed by atoms with Crippen LogP contribution in [0.4, 0.5) is 23.2 Å². The summed E-state index contributed by atoms with van der Waals surface area (Å²) in [5.41, 5.74) is -2.41. The summed E-state index contributed by atoms with van der Waals surface area (Å²) in [5.74, 6) is -2.83. The summed E-state index contributed by atoms with van der Waals surface area (Å²) in [6.07, 6.45) is -2.46. The summed E-state index contributed by atoms with van der Waals surface area (Å²) in [4.78, 5) is 32.2. The molecule has 0 saturated carbocycles. The summed E-state index contributed by atoms with van der Waals surface area (Å²) >= 11 is 2.94. The lowest BCUT2D eigenvalue weighted by Gasteiger charge is -2.18. The summed E-state index contributed by atoms with van der Waals surface area (Å²) in [5, 5.41) is 2.42. The Morgan fingerprint density at radius 2 is 1.60 bits per heavy atom. The fourth-order valence-electron chi connectivity index (χ4n) is 2.18. The first-order valence-electron chi connectivity index (χ1n) is 6.64. The number of nitrogens with zero attached hydrogens (tertiary/aromatic N) is 2. The minimum Gasteiger partial charge on any atom is -0.351 e. The Labute approximate surface area is 145 Å². The summed E-state index contributed by atoms with van der Waals surface area (Å²) in [6, 6.07) is 2.14. The maximum atomic E-state index is 13.3. The number of aromatic nitrogens is 2. The lowest BCUT2D eigenvalue weighted by molar-refractivity contribution is -0.139. The van der Waals surface area contributed by atoms with E-state index in [1.54, 1.807) is 0 Å². The highest BCUT2D eigenvalue weighted by atomic mass is 79.9. The number of benzene rings is 1. The lowest BCUT2D eigenvalue weighted by Crippen LogP contribution is -2.26. The zero-order valence-corrected chi connectivity index (χ0v) is 13.6. The molecule has 1 aliphatic rings. The van der Waals surface area contributed by atoms with Gasteiger partial charge in [0.15, 0.2) is 0 Å². The fraction of sp³-hybridized carbons (Fsp3) is 0.0667. The van der Waals surface area contributed by atoms with Crippen LogP contribution in [0.25, 0.3) is 0 Å². The highest BCUT2D eigenvalue weighted by Gasteiger charge is 2.36. The summed E-state index contributed by atoms with van der Waals surface area (Å²) in [7, 11) is 0. The Kier molecular flexibility index (Phi) is 4.15. The van der Waals surface area contributed by atoms with Crippen LogP contribution in [-0.2, 0) is 6.18 Å². The van der Waals surface area contributed by atoms with E-state index in [1.165, 1.54) is 12.4 Å². The van der Waals surface area contributed by atoms with Gasteiger partial charge in [0, 0.05) is 18.1 Å². The van der Waals surface area contributed by atoms with Gasteiger partial charge in [-0.2, -0.15) is 13.2 Å². The Balaban J connectivity index is 2.03. The first-order valence-corrected chi connectivity index (χ1v) is 7.43. The molecule has 128 valence electrons. The molecule has 1 aromatic carbocycles. The van der Waals surface area contributed by atoms with E-state index in [-0.39, 0.29) is 27.3 Å². The van der Waals surface area contributed by atoms with Gasteiger partial charge in [-0.25, -0.2) is 14.4 Å². The van der Waals surface area contributed by atoms with Crippen molar-refractivity contribution in [1.29, 1.82) is 0 Å². The maximum absolute atomic E-state index is 13.3. The van der Waals surface area contributed by atoms with E-state index < -0.39 is 29.1 Å². The molecule has 0 spiro atoms. The highest BCUT2D eigenvalue weighted by Crippen LogP contribution is 2.34. The third kappa shape index (κ3) is 3.04. The third-order valence-corrected chi connectivity index (χ3v) is 4.07. The molecule has 0 amide bonds. The van der Waals surface area contributed by atoms with Crippen molar-refractivity contribution in [1.82, 2.24) is 9.97 Å². The van der Waals surface area contributed by atoms with Crippen LogP contribution in [0.15, 0.2) is 40.8 Å². The van der Waals surface area contributed by atoms with Gasteiger partial charge in [-0.05, 0) is 34.1 Å². The lowest BCUT2D eigenvalue weighted by atomic mass is 10.0. The van der Waals surface area contributed by atoms with E-state index in [0.29, 0.717) is 12.1 Å². The Morgan fingerprint density at radius 3 is 2.20 bits per heavy atom. The van der Waals surface area contributed by atoms with Crippen LogP contribution in [-0.4, -0.2) is 21.5 Å². The van der Waals surface area contributed by atoms with Crippen molar-refractivity contribution in [2.45, 2.75) is 6.18 Å².